The molecule has 0 saturated heterocycles. The zero-order valence-corrected chi connectivity index (χ0v) is 9.89. The number of aliphatic carboxylic acids is 2. The molecule has 0 aromatic heterocycles. The number of amides is 2. The summed E-state index contributed by atoms with van der Waals surface area (Å²) in [5.41, 5.74) is -0.498. The number of carbonyl (C=O) groups is 3. The molecular weight excluding hydrogens is 278 g/mol. The Morgan fingerprint density at radius 2 is 1.85 bits per heavy atom. The fraction of sp³-hybridized carbons (Fsp3) is 0.182. The second-order valence-electron chi connectivity index (χ2n) is 3.71. The van der Waals surface area contributed by atoms with Crippen LogP contribution in [0.25, 0.3) is 0 Å². The number of nitrogens with one attached hydrogen (secondary N) is 2. The molecule has 0 aliphatic rings. The first-order valence-corrected chi connectivity index (χ1v) is 5.26. The summed E-state index contributed by atoms with van der Waals surface area (Å²) in [6.07, 6.45) is -0.853. The predicted molar refractivity (Wildman–Crippen MR) is 62.2 cm³/mol. The lowest BCUT2D eigenvalue weighted by atomic mass is 10.2. The molecule has 1 aromatic carbocycles. The Kier molecular flexibility index (Phi) is 4.95. The Morgan fingerprint density at radius 1 is 1.20 bits per heavy atom. The lowest BCUT2D eigenvalue weighted by Crippen LogP contribution is -2.44. The summed E-state index contributed by atoms with van der Waals surface area (Å²) in [5.74, 6) is -4.73. The maximum atomic E-state index is 13.2. The number of anilines is 1. The molecule has 0 bridgehead atoms. The van der Waals surface area contributed by atoms with E-state index in [2.05, 4.69) is 0 Å². The number of hydrogen-bond donors (Lipinski definition) is 4. The molecular formula is C11H10F2N2O5. The lowest BCUT2D eigenvalue weighted by Gasteiger charge is -2.13. The second-order valence-corrected chi connectivity index (χ2v) is 3.71. The highest BCUT2D eigenvalue weighted by molar-refractivity contribution is 5.93. The molecule has 0 aliphatic heterocycles. The van der Waals surface area contributed by atoms with Gasteiger partial charge in [0.15, 0.2) is 0 Å². The SMILES string of the molecule is O=C(O)CC(NC(=O)Nc1cc(F)ccc1F)C(=O)O. The van der Waals surface area contributed by atoms with E-state index in [1.165, 1.54) is 0 Å². The number of rotatable bonds is 5. The van der Waals surface area contributed by atoms with Crippen molar-refractivity contribution in [3.63, 3.8) is 0 Å². The van der Waals surface area contributed by atoms with Crippen LogP contribution in [-0.2, 0) is 9.59 Å². The van der Waals surface area contributed by atoms with Gasteiger partial charge in [-0.25, -0.2) is 18.4 Å². The maximum Gasteiger partial charge on any atom is 0.326 e. The highest BCUT2D eigenvalue weighted by Crippen LogP contribution is 2.15. The van der Waals surface area contributed by atoms with Gasteiger partial charge in [0.2, 0.25) is 0 Å². The van der Waals surface area contributed by atoms with Crippen LogP contribution in [0.4, 0.5) is 19.3 Å². The van der Waals surface area contributed by atoms with E-state index in [1.807, 2.05) is 10.6 Å². The van der Waals surface area contributed by atoms with Crippen molar-refractivity contribution in [3.8, 4) is 0 Å². The van der Waals surface area contributed by atoms with Crippen molar-refractivity contribution in [2.45, 2.75) is 12.5 Å². The van der Waals surface area contributed by atoms with Crippen LogP contribution in [0.2, 0.25) is 0 Å². The molecule has 1 rings (SSSR count). The summed E-state index contributed by atoms with van der Waals surface area (Å²) in [7, 11) is 0. The molecule has 0 fully saturated rings. The van der Waals surface area contributed by atoms with Gasteiger partial charge >= 0.3 is 18.0 Å². The minimum Gasteiger partial charge on any atom is -0.481 e. The first-order chi connectivity index (χ1) is 9.29. The van der Waals surface area contributed by atoms with Crippen molar-refractivity contribution in [2.24, 2.45) is 0 Å². The van der Waals surface area contributed by atoms with E-state index < -0.39 is 47.8 Å². The van der Waals surface area contributed by atoms with Crippen molar-refractivity contribution in [3.05, 3.63) is 29.8 Å². The number of carboxylic acids is 2. The van der Waals surface area contributed by atoms with Crippen molar-refractivity contribution in [2.75, 3.05) is 5.32 Å². The van der Waals surface area contributed by atoms with Gasteiger partial charge in [-0.2, -0.15) is 0 Å². The molecule has 0 aliphatic carbocycles. The average molecular weight is 288 g/mol. The summed E-state index contributed by atoms with van der Waals surface area (Å²) >= 11 is 0. The summed E-state index contributed by atoms with van der Waals surface area (Å²) in [6, 6.07) is -0.547. The molecule has 1 unspecified atom stereocenters. The Bertz CT molecular complexity index is 550. The third-order valence-electron chi connectivity index (χ3n) is 2.16. The minimum absolute atomic E-state index is 0.498. The van der Waals surface area contributed by atoms with Crippen LogP contribution >= 0.6 is 0 Å². The van der Waals surface area contributed by atoms with Gasteiger partial charge < -0.3 is 20.8 Å². The quantitative estimate of drug-likeness (QED) is 0.645. The zero-order valence-electron chi connectivity index (χ0n) is 9.89. The lowest BCUT2D eigenvalue weighted by molar-refractivity contribution is -0.145. The minimum atomic E-state index is -1.69. The van der Waals surface area contributed by atoms with Gasteiger partial charge in [0.25, 0.3) is 0 Å². The summed E-state index contributed by atoms with van der Waals surface area (Å²) in [6.45, 7) is 0. The number of benzene rings is 1. The summed E-state index contributed by atoms with van der Waals surface area (Å²) < 4.78 is 26.1. The molecule has 0 radical (unpaired) electrons. The topological polar surface area (TPSA) is 116 Å². The van der Waals surface area contributed by atoms with Gasteiger partial charge in [-0.15, -0.1) is 0 Å². The largest absolute Gasteiger partial charge is 0.481 e. The Balaban J connectivity index is 2.72. The van der Waals surface area contributed by atoms with Crippen LogP contribution in [0.1, 0.15) is 6.42 Å². The van der Waals surface area contributed by atoms with Crippen LogP contribution < -0.4 is 10.6 Å². The van der Waals surface area contributed by atoms with Crippen LogP contribution in [-0.4, -0.2) is 34.2 Å². The third kappa shape index (κ3) is 4.52. The van der Waals surface area contributed by atoms with Gasteiger partial charge in [-0.05, 0) is 12.1 Å². The highest BCUT2D eigenvalue weighted by atomic mass is 19.1. The molecule has 0 heterocycles. The van der Waals surface area contributed by atoms with E-state index in [4.69, 9.17) is 10.2 Å². The number of carboxylic acid groups (broad SMARTS) is 2. The van der Waals surface area contributed by atoms with Gasteiger partial charge in [0, 0.05) is 6.07 Å². The molecule has 1 aromatic rings. The smallest absolute Gasteiger partial charge is 0.326 e. The van der Waals surface area contributed by atoms with Gasteiger partial charge in [0.05, 0.1) is 12.1 Å². The number of halogens is 2. The summed E-state index contributed by atoms with van der Waals surface area (Å²) in [5, 5.41) is 20.9. The van der Waals surface area contributed by atoms with E-state index in [0.717, 1.165) is 12.1 Å². The van der Waals surface area contributed by atoms with Crippen LogP contribution in [0.15, 0.2) is 18.2 Å². The van der Waals surface area contributed by atoms with Crippen molar-refractivity contribution >= 4 is 23.7 Å². The molecule has 0 saturated carbocycles. The third-order valence-corrected chi connectivity index (χ3v) is 2.16. The second kappa shape index (κ2) is 6.45. The van der Waals surface area contributed by atoms with E-state index >= 15 is 0 Å². The van der Waals surface area contributed by atoms with E-state index in [1.54, 1.807) is 0 Å². The first kappa shape index (κ1) is 15.3. The molecule has 9 heteroatoms. The van der Waals surface area contributed by atoms with Gasteiger partial charge in [0.1, 0.15) is 17.7 Å². The van der Waals surface area contributed by atoms with E-state index in [-0.39, 0.29) is 0 Å². The van der Waals surface area contributed by atoms with Crippen molar-refractivity contribution in [1.82, 2.24) is 5.32 Å². The monoisotopic (exact) mass is 288 g/mol. The van der Waals surface area contributed by atoms with Crippen LogP contribution in [0, 0.1) is 11.6 Å². The molecule has 0 spiro atoms. The Labute approximate surface area is 111 Å². The fourth-order valence-corrected chi connectivity index (χ4v) is 1.28. The van der Waals surface area contributed by atoms with Gasteiger partial charge in [-0.3, -0.25) is 4.79 Å². The Morgan fingerprint density at radius 3 is 2.40 bits per heavy atom. The predicted octanol–water partition coefficient (Wildman–Crippen LogP) is 1.01. The van der Waals surface area contributed by atoms with Crippen molar-refractivity contribution < 1.29 is 33.4 Å². The number of urea groups is 1. The molecule has 7 nitrogen and oxygen atoms in total. The molecule has 1 atom stereocenters. The zero-order chi connectivity index (χ0) is 15.3. The molecule has 4 N–H and O–H groups in total. The average Bonchev–Trinajstić information content (AvgIpc) is 2.32. The Hall–Kier alpha value is -2.71. The molecule has 2 amide bonds. The van der Waals surface area contributed by atoms with E-state index in [0.29, 0.717) is 6.07 Å². The standard InChI is InChI=1S/C11H10F2N2O5/c12-5-1-2-6(13)7(3-5)14-11(20)15-8(10(18)19)4-9(16)17/h1-3,8H,4H2,(H,16,17)(H,18,19)(H2,14,15,20). The van der Waals surface area contributed by atoms with E-state index in [9.17, 15) is 23.2 Å². The van der Waals surface area contributed by atoms with Crippen LogP contribution in [0.3, 0.4) is 0 Å². The molecule has 20 heavy (non-hydrogen) atoms. The van der Waals surface area contributed by atoms with Crippen LogP contribution in [0.5, 0.6) is 0 Å². The number of hydrogen-bond acceptors (Lipinski definition) is 3. The van der Waals surface area contributed by atoms with Crippen molar-refractivity contribution in [1.29, 1.82) is 0 Å². The fourth-order valence-electron chi connectivity index (χ4n) is 1.28. The molecule has 108 valence electrons. The maximum absolute atomic E-state index is 13.2. The first-order valence-electron chi connectivity index (χ1n) is 5.26. The number of carbonyl (C=O) groups excluding carboxylic acids is 1. The highest BCUT2D eigenvalue weighted by Gasteiger charge is 2.23. The normalized spacial score (nSPS) is 11.5. The van der Waals surface area contributed by atoms with Gasteiger partial charge in [-0.1, -0.05) is 0 Å². The summed E-state index contributed by atoms with van der Waals surface area (Å²) in [4.78, 5) is 32.5.